The first-order valence-electron chi connectivity index (χ1n) is 5.38. The number of halogens is 1. The zero-order valence-corrected chi connectivity index (χ0v) is 11.2. The van der Waals surface area contributed by atoms with Crippen LogP contribution in [0.1, 0.15) is 46.5 Å². The lowest BCUT2D eigenvalue weighted by Crippen LogP contribution is -2.45. The van der Waals surface area contributed by atoms with E-state index in [1.807, 2.05) is 0 Å². The molecule has 0 aromatic heterocycles. The normalized spacial score (nSPS) is 29.1. The minimum atomic E-state index is -3.21. The number of nitrogens with one attached hydrogen (secondary N) is 1. The molecule has 1 fully saturated rings. The smallest absolute Gasteiger partial charge is 0.212 e. The molecule has 1 aliphatic rings. The Morgan fingerprint density at radius 2 is 1.60 bits per heavy atom. The van der Waals surface area contributed by atoms with E-state index in [9.17, 15) is 8.42 Å². The third kappa shape index (κ3) is 3.61. The van der Waals surface area contributed by atoms with Crippen LogP contribution in [0.4, 0.5) is 0 Å². The summed E-state index contributed by atoms with van der Waals surface area (Å²) in [7, 11) is -3.21. The fraction of sp³-hybridized carbons (Fsp3) is 1.00. The summed E-state index contributed by atoms with van der Waals surface area (Å²) >= 11 is 5.97. The molecule has 0 bridgehead atoms. The van der Waals surface area contributed by atoms with Crippen molar-refractivity contribution in [2.45, 2.75) is 62.6 Å². The van der Waals surface area contributed by atoms with Gasteiger partial charge in [0.2, 0.25) is 10.0 Å². The van der Waals surface area contributed by atoms with Gasteiger partial charge in [-0.25, -0.2) is 13.1 Å². The minimum Gasteiger partial charge on any atom is -0.212 e. The highest BCUT2D eigenvalue weighted by atomic mass is 35.5. The van der Waals surface area contributed by atoms with Crippen LogP contribution >= 0.6 is 11.6 Å². The van der Waals surface area contributed by atoms with Crippen molar-refractivity contribution in [2.24, 2.45) is 0 Å². The molecule has 0 spiro atoms. The van der Waals surface area contributed by atoms with Crippen LogP contribution in [0.5, 0.6) is 0 Å². The molecule has 15 heavy (non-hydrogen) atoms. The maximum Gasteiger partial charge on any atom is 0.216 e. The zero-order valence-electron chi connectivity index (χ0n) is 9.59. The van der Waals surface area contributed by atoms with Crippen LogP contribution in [0.15, 0.2) is 0 Å². The van der Waals surface area contributed by atoms with Crippen molar-refractivity contribution in [3.05, 3.63) is 0 Å². The van der Waals surface area contributed by atoms with Crippen molar-refractivity contribution in [1.29, 1.82) is 0 Å². The first kappa shape index (κ1) is 13.3. The fourth-order valence-corrected chi connectivity index (χ4v) is 2.85. The largest absolute Gasteiger partial charge is 0.216 e. The summed E-state index contributed by atoms with van der Waals surface area (Å²) < 4.78 is 25.8. The Balaban J connectivity index is 2.56. The van der Waals surface area contributed by atoms with Crippen LogP contribution in [-0.2, 0) is 10.0 Å². The molecule has 0 atom stereocenters. The third-order valence-corrected chi connectivity index (χ3v) is 5.48. The van der Waals surface area contributed by atoms with Crippen molar-refractivity contribution in [1.82, 2.24) is 4.72 Å². The van der Waals surface area contributed by atoms with Gasteiger partial charge in [0.05, 0.1) is 4.75 Å². The van der Waals surface area contributed by atoms with E-state index in [1.165, 1.54) is 0 Å². The van der Waals surface area contributed by atoms with E-state index in [1.54, 1.807) is 20.8 Å². The molecule has 5 heteroatoms. The lowest BCUT2D eigenvalue weighted by Gasteiger charge is -2.29. The molecule has 0 saturated heterocycles. The van der Waals surface area contributed by atoms with E-state index in [4.69, 9.17) is 11.6 Å². The summed E-state index contributed by atoms with van der Waals surface area (Å²) in [5, 5.41) is 0.223. The highest BCUT2D eigenvalue weighted by molar-refractivity contribution is 7.90. The first-order valence-corrected chi connectivity index (χ1v) is 7.30. The Morgan fingerprint density at radius 3 is 2.00 bits per heavy atom. The van der Waals surface area contributed by atoms with Gasteiger partial charge in [-0.2, -0.15) is 0 Å². The van der Waals surface area contributed by atoms with Crippen molar-refractivity contribution < 1.29 is 8.42 Å². The van der Waals surface area contributed by atoms with Crippen molar-refractivity contribution in [3.8, 4) is 0 Å². The number of hydrogen-bond donors (Lipinski definition) is 1. The lowest BCUT2D eigenvalue weighted by molar-refractivity contribution is 0.411. The Labute approximate surface area is 97.6 Å². The highest BCUT2D eigenvalue weighted by Gasteiger charge is 2.32. The first-order chi connectivity index (χ1) is 6.72. The molecule has 1 aliphatic carbocycles. The second kappa shape index (κ2) is 4.60. The SMILES string of the molecule is CC(C)(C)S(=O)(=O)NC1CCC(Cl)CC1. The van der Waals surface area contributed by atoms with Crippen LogP contribution in [0.2, 0.25) is 0 Å². The summed E-state index contributed by atoms with van der Waals surface area (Å²) in [4.78, 5) is 0. The van der Waals surface area contributed by atoms with Crippen LogP contribution in [0.25, 0.3) is 0 Å². The Kier molecular flexibility index (Phi) is 4.07. The number of alkyl halides is 1. The van der Waals surface area contributed by atoms with Crippen LogP contribution in [0, 0.1) is 0 Å². The van der Waals surface area contributed by atoms with Gasteiger partial charge in [-0.15, -0.1) is 11.6 Å². The summed E-state index contributed by atoms with van der Waals surface area (Å²) in [6, 6.07) is 0.0734. The van der Waals surface area contributed by atoms with Crippen molar-refractivity contribution in [2.75, 3.05) is 0 Å². The second-order valence-electron chi connectivity index (χ2n) is 5.18. The Morgan fingerprint density at radius 1 is 1.13 bits per heavy atom. The molecule has 1 rings (SSSR count). The van der Waals surface area contributed by atoms with Crippen LogP contribution in [-0.4, -0.2) is 24.6 Å². The molecule has 0 radical (unpaired) electrons. The molecular formula is C10H20ClNO2S. The van der Waals surface area contributed by atoms with E-state index in [-0.39, 0.29) is 11.4 Å². The third-order valence-electron chi connectivity index (χ3n) is 2.78. The summed E-state index contributed by atoms with van der Waals surface area (Å²) in [5.74, 6) is 0. The van der Waals surface area contributed by atoms with Gasteiger partial charge in [0.15, 0.2) is 0 Å². The highest BCUT2D eigenvalue weighted by Crippen LogP contribution is 2.24. The molecule has 90 valence electrons. The molecule has 3 nitrogen and oxygen atoms in total. The second-order valence-corrected chi connectivity index (χ2v) is 8.27. The molecular weight excluding hydrogens is 234 g/mol. The average Bonchev–Trinajstić information content (AvgIpc) is 2.06. The Bertz CT molecular complexity index is 300. The quantitative estimate of drug-likeness (QED) is 0.768. The van der Waals surface area contributed by atoms with Gasteiger partial charge in [-0.05, 0) is 46.5 Å². The van der Waals surface area contributed by atoms with E-state index < -0.39 is 14.8 Å². The summed E-state index contributed by atoms with van der Waals surface area (Å²) in [6.45, 7) is 5.13. The van der Waals surface area contributed by atoms with Gasteiger partial charge in [0.25, 0.3) is 0 Å². The maximum atomic E-state index is 11.9. The molecule has 1 N–H and O–H groups in total. The molecule has 0 unspecified atom stereocenters. The number of rotatable bonds is 2. The number of hydrogen-bond acceptors (Lipinski definition) is 2. The lowest BCUT2D eigenvalue weighted by atomic mass is 9.96. The van der Waals surface area contributed by atoms with Gasteiger partial charge < -0.3 is 0 Å². The van der Waals surface area contributed by atoms with E-state index in [0.29, 0.717) is 0 Å². The maximum absolute atomic E-state index is 11.9. The minimum absolute atomic E-state index is 0.0734. The predicted molar refractivity (Wildman–Crippen MR) is 63.7 cm³/mol. The molecule has 0 aliphatic heterocycles. The topological polar surface area (TPSA) is 46.2 Å². The van der Waals surface area contributed by atoms with Gasteiger partial charge in [-0.3, -0.25) is 0 Å². The molecule has 0 aromatic rings. The fourth-order valence-electron chi connectivity index (χ4n) is 1.57. The summed E-state index contributed by atoms with van der Waals surface area (Å²) in [6.07, 6.45) is 3.50. The molecule has 0 aromatic carbocycles. The van der Waals surface area contributed by atoms with Gasteiger partial charge in [0, 0.05) is 11.4 Å². The van der Waals surface area contributed by atoms with E-state index >= 15 is 0 Å². The molecule has 1 saturated carbocycles. The van der Waals surface area contributed by atoms with Gasteiger partial charge >= 0.3 is 0 Å². The molecule has 0 amide bonds. The zero-order chi connectivity index (χ0) is 11.7. The van der Waals surface area contributed by atoms with E-state index in [0.717, 1.165) is 25.7 Å². The average molecular weight is 254 g/mol. The van der Waals surface area contributed by atoms with Crippen molar-refractivity contribution >= 4 is 21.6 Å². The molecule has 0 heterocycles. The van der Waals surface area contributed by atoms with Crippen molar-refractivity contribution in [3.63, 3.8) is 0 Å². The van der Waals surface area contributed by atoms with Gasteiger partial charge in [-0.1, -0.05) is 0 Å². The Hall–Kier alpha value is 0.200. The monoisotopic (exact) mass is 253 g/mol. The van der Waals surface area contributed by atoms with E-state index in [2.05, 4.69) is 4.72 Å². The standard InChI is InChI=1S/C10H20ClNO2S/c1-10(2,3)15(13,14)12-9-6-4-8(11)5-7-9/h8-9,12H,4-7H2,1-3H3. The van der Waals surface area contributed by atoms with Crippen LogP contribution < -0.4 is 4.72 Å². The van der Waals surface area contributed by atoms with Gasteiger partial charge in [0.1, 0.15) is 0 Å². The summed E-state index contributed by atoms with van der Waals surface area (Å²) in [5.41, 5.74) is 0. The van der Waals surface area contributed by atoms with Crippen LogP contribution in [0.3, 0.4) is 0 Å². The predicted octanol–water partition coefficient (Wildman–Crippen LogP) is 2.25. The number of sulfonamides is 1.